The van der Waals surface area contributed by atoms with Gasteiger partial charge < -0.3 is 10.6 Å². The van der Waals surface area contributed by atoms with E-state index in [1.54, 1.807) is 0 Å². The maximum absolute atomic E-state index is 5.84. The minimum Gasteiger partial charge on any atom is -0.339 e. The molecule has 1 saturated heterocycles. The van der Waals surface area contributed by atoms with Crippen molar-refractivity contribution in [1.29, 1.82) is 0 Å². The van der Waals surface area contributed by atoms with Crippen molar-refractivity contribution < 1.29 is 0 Å². The van der Waals surface area contributed by atoms with Gasteiger partial charge in [0.1, 0.15) is 0 Å². The van der Waals surface area contributed by atoms with Crippen LogP contribution in [0.4, 0.5) is 5.95 Å². The fraction of sp³-hybridized carbons (Fsp3) is 0.600. The number of rotatable bonds is 1. The van der Waals surface area contributed by atoms with Crippen LogP contribution in [0.15, 0.2) is 6.07 Å². The van der Waals surface area contributed by atoms with E-state index in [1.165, 1.54) is 0 Å². The lowest BCUT2D eigenvalue weighted by molar-refractivity contribution is 0.749. The summed E-state index contributed by atoms with van der Waals surface area (Å²) in [5.74, 6) is 0.829. The highest BCUT2D eigenvalue weighted by Gasteiger charge is 2.21. The molecule has 1 aliphatic rings. The standard InChI is InChI=1S/C10H16N4/c1-7-5-8(2)13-10(12-7)14-4-3-9(11)6-14/h5,9H,3-4,6,11H2,1-2H3. The summed E-state index contributed by atoms with van der Waals surface area (Å²) in [5.41, 5.74) is 7.88. The number of hydrogen-bond donors (Lipinski definition) is 1. The van der Waals surface area contributed by atoms with Gasteiger partial charge in [0, 0.05) is 30.5 Å². The Balaban J connectivity index is 2.23. The lowest BCUT2D eigenvalue weighted by Crippen LogP contribution is -2.27. The Morgan fingerprint density at radius 2 is 2.00 bits per heavy atom. The quantitative estimate of drug-likeness (QED) is 0.709. The third-order valence-electron chi connectivity index (χ3n) is 2.48. The van der Waals surface area contributed by atoms with Crippen molar-refractivity contribution >= 4 is 5.95 Å². The number of nitrogens with two attached hydrogens (primary N) is 1. The van der Waals surface area contributed by atoms with Gasteiger partial charge in [-0.05, 0) is 26.3 Å². The SMILES string of the molecule is Cc1cc(C)nc(N2CCC(N)C2)n1. The van der Waals surface area contributed by atoms with Crippen molar-refractivity contribution in [2.75, 3.05) is 18.0 Å². The molecule has 2 rings (SSSR count). The molecule has 1 aliphatic heterocycles. The molecule has 1 unspecified atom stereocenters. The average Bonchev–Trinajstić information content (AvgIpc) is 2.50. The van der Waals surface area contributed by atoms with Crippen LogP contribution >= 0.6 is 0 Å². The van der Waals surface area contributed by atoms with E-state index >= 15 is 0 Å². The van der Waals surface area contributed by atoms with Gasteiger partial charge in [-0.1, -0.05) is 0 Å². The second-order valence-electron chi connectivity index (χ2n) is 3.95. The summed E-state index contributed by atoms with van der Waals surface area (Å²) in [7, 11) is 0. The van der Waals surface area contributed by atoms with Crippen molar-refractivity contribution in [3.05, 3.63) is 17.5 Å². The molecule has 1 fully saturated rings. The zero-order valence-corrected chi connectivity index (χ0v) is 8.70. The predicted octanol–water partition coefficient (Wildman–Crippen LogP) is 0.631. The van der Waals surface area contributed by atoms with Crippen molar-refractivity contribution in [3.63, 3.8) is 0 Å². The molecule has 76 valence electrons. The average molecular weight is 192 g/mol. The van der Waals surface area contributed by atoms with E-state index in [2.05, 4.69) is 14.9 Å². The summed E-state index contributed by atoms with van der Waals surface area (Å²) in [6, 6.07) is 2.26. The van der Waals surface area contributed by atoms with Crippen molar-refractivity contribution in [3.8, 4) is 0 Å². The van der Waals surface area contributed by atoms with Gasteiger partial charge in [-0.25, -0.2) is 9.97 Å². The van der Waals surface area contributed by atoms with E-state index in [9.17, 15) is 0 Å². The Morgan fingerprint density at radius 1 is 1.36 bits per heavy atom. The van der Waals surface area contributed by atoms with Crippen LogP contribution in [0.5, 0.6) is 0 Å². The second-order valence-corrected chi connectivity index (χ2v) is 3.95. The predicted molar refractivity (Wildman–Crippen MR) is 56.3 cm³/mol. The maximum Gasteiger partial charge on any atom is 0.225 e. The van der Waals surface area contributed by atoms with Crippen molar-refractivity contribution in [1.82, 2.24) is 9.97 Å². The monoisotopic (exact) mass is 192 g/mol. The second kappa shape index (κ2) is 3.53. The highest BCUT2D eigenvalue weighted by atomic mass is 15.3. The molecule has 0 aliphatic carbocycles. The molecule has 1 aromatic heterocycles. The molecule has 1 aromatic rings. The first-order chi connectivity index (χ1) is 6.65. The molecular formula is C10H16N4. The van der Waals surface area contributed by atoms with E-state index in [0.29, 0.717) is 0 Å². The van der Waals surface area contributed by atoms with E-state index in [0.717, 1.165) is 36.8 Å². The summed E-state index contributed by atoms with van der Waals surface area (Å²) in [6.45, 7) is 5.84. The van der Waals surface area contributed by atoms with Crippen LogP contribution < -0.4 is 10.6 Å². The number of nitrogens with zero attached hydrogens (tertiary/aromatic N) is 3. The van der Waals surface area contributed by atoms with Crippen LogP contribution in [-0.2, 0) is 0 Å². The largest absolute Gasteiger partial charge is 0.339 e. The Kier molecular flexibility index (Phi) is 2.37. The lowest BCUT2D eigenvalue weighted by Gasteiger charge is -2.16. The van der Waals surface area contributed by atoms with Gasteiger partial charge in [-0.15, -0.1) is 0 Å². The zero-order chi connectivity index (χ0) is 10.1. The topological polar surface area (TPSA) is 55.0 Å². The van der Waals surface area contributed by atoms with Gasteiger partial charge in [0.2, 0.25) is 5.95 Å². The summed E-state index contributed by atoms with van der Waals surface area (Å²) < 4.78 is 0. The molecule has 4 heteroatoms. The molecule has 0 radical (unpaired) electrons. The van der Waals surface area contributed by atoms with Crippen molar-refractivity contribution in [2.24, 2.45) is 5.73 Å². The summed E-state index contributed by atoms with van der Waals surface area (Å²) >= 11 is 0. The van der Waals surface area contributed by atoms with Crippen LogP contribution in [0, 0.1) is 13.8 Å². The number of hydrogen-bond acceptors (Lipinski definition) is 4. The van der Waals surface area contributed by atoms with Crippen LogP contribution in [0.2, 0.25) is 0 Å². The lowest BCUT2D eigenvalue weighted by atomic mass is 10.3. The van der Waals surface area contributed by atoms with E-state index in [1.807, 2.05) is 19.9 Å². The van der Waals surface area contributed by atoms with Gasteiger partial charge in [0.25, 0.3) is 0 Å². The molecule has 1 atom stereocenters. The Morgan fingerprint density at radius 3 is 2.50 bits per heavy atom. The molecule has 0 aromatic carbocycles. The minimum atomic E-state index is 0.277. The first kappa shape index (κ1) is 9.40. The molecular weight excluding hydrogens is 176 g/mol. The Bertz CT molecular complexity index is 317. The van der Waals surface area contributed by atoms with Gasteiger partial charge >= 0.3 is 0 Å². The van der Waals surface area contributed by atoms with Crippen molar-refractivity contribution in [2.45, 2.75) is 26.3 Å². The zero-order valence-electron chi connectivity index (χ0n) is 8.70. The summed E-state index contributed by atoms with van der Waals surface area (Å²) in [6.07, 6.45) is 1.04. The number of anilines is 1. The fourth-order valence-corrected chi connectivity index (χ4v) is 1.82. The van der Waals surface area contributed by atoms with Crippen LogP contribution in [0.3, 0.4) is 0 Å². The molecule has 14 heavy (non-hydrogen) atoms. The van der Waals surface area contributed by atoms with Gasteiger partial charge in [0.15, 0.2) is 0 Å². The third-order valence-corrected chi connectivity index (χ3v) is 2.48. The molecule has 0 bridgehead atoms. The molecule has 0 spiro atoms. The molecule has 4 nitrogen and oxygen atoms in total. The minimum absolute atomic E-state index is 0.277. The van der Waals surface area contributed by atoms with E-state index < -0.39 is 0 Å². The Hall–Kier alpha value is -1.16. The van der Waals surface area contributed by atoms with Crippen LogP contribution in [-0.4, -0.2) is 29.1 Å². The van der Waals surface area contributed by atoms with Gasteiger partial charge in [-0.3, -0.25) is 0 Å². The van der Waals surface area contributed by atoms with Crippen LogP contribution in [0.25, 0.3) is 0 Å². The smallest absolute Gasteiger partial charge is 0.225 e. The summed E-state index contributed by atoms with van der Waals surface area (Å²) in [4.78, 5) is 11.0. The van der Waals surface area contributed by atoms with E-state index in [4.69, 9.17) is 5.73 Å². The molecule has 2 N–H and O–H groups in total. The normalized spacial score (nSPS) is 21.6. The molecule has 0 saturated carbocycles. The van der Waals surface area contributed by atoms with Crippen LogP contribution in [0.1, 0.15) is 17.8 Å². The van der Waals surface area contributed by atoms with Gasteiger partial charge in [0.05, 0.1) is 0 Å². The van der Waals surface area contributed by atoms with E-state index in [-0.39, 0.29) is 6.04 Å². The first-order valence-electron chi connectivity index (χ1n) is 4.98. The third kappa shape index (κ3) is 1.85. The summed E-state index contributed by atoms with van der Waals surface area (Å²) in [5, 5.41) is 0. The first-order valence-corrected chi connectivity index (χ1v) is 4.98. The fourth-order valence-electron chi connectivity index (χ4n) is 1.82. The number of aromatic nitrogens is 2. The highest BCUT2D eigenvalue weighted by molar-refractivity contribution is 5.34. The number of aryl methyl sites for hydroxylation is 2. The highest BCUT2D eigenvalue weighted by Crippen LogP contribution is 2.15. The molecule has 2 heterocycles. The maximum atomic E-state index is 5.84. The van der Waals surface area contributed by atoms with Gasteiger partial charge in [-0.2, -0.15) is 0 Å². The molecule has 0 amide bonds. The Labute approximate surface area is 84.2 Å².